The number of aryl methyl sites for hydroxylation is 2. The Labute approximate surface area is 116 Å². The molecule has 19 heavy (non-hydrogen) atoms. The number of carbonyl (C=O) groups is 1. The van der Waals surface area contributed by atoms with Crippen molar-refractivity contribution in [3.63, 3.8) is 0 Å². The summed E-state index contributed by atoms with van der Waals surface area (Å²) in [5.41, 5.74) is 2.52. The van der Waals surface area contributed by atoms with Gasteiger partial charge in [0.05, 0.1) is 5.02 Å². The third-order valence-corrected chi connectivity index (χ3v) is 3.21. The molecule has 0 aliphatic heterocycles. The van der Waals surface area contributed by atoms with Crippen molar-refractivity contribution in [3.8, 4) is 0 Å². The van der Waals surface area contributed by atoms with Crippen LogP contribution in [0.1, 0.15) is 11.4 Å². The van der Waals surface area contributed by atoms with E-state index in [0.29, 0.717) is 5.69 Å². The van der Waals surface area contributed by atoms with Gasteiger partial charge in [-0.05, 0) is 44.2 Å². The van der Waals surface area contributed by atoms with Gasteiger partial charge in [-0.1, -0.05) is 11.6 Å². The summed E-state index contributed by atoms with van der Waals surface area (Å²) in [6.07, 6.45) is 0. The largest absolute Gasteiger partial charge is 0.340 e. The number of nitrogens with zero attached hydrogens (tertiary/aromatic N) is 1. The lowest BCUT2D eigenvalue weighted by Gasteiger charge is -2.10. The van der Waals surface area contributed by atoms with Gasteiger partial charge in [0, 0.05) is 17.1 Å². The van der Waals surface area contributed by atoms with Crippen LogP contribution in [0.2, 0.25) is 5.02 Å². The van der Waals surface area contributed by atoms with Crippen LogP contribution in [-0.4, -0.2) is 10.5 Å². The molecule has 1 aromatic heterocycles. The first-order valence-corrected chi connectivity index (χ1v) is 6.23. The third kappa shape index (κ3) is 3.15. The molecule has 0 atom stereocenters. The molecule has 0 bridgehead atoms. The second kappa shape index (κ2) is 5.45. The molecule has 1 amide bonds. The Morgan fingerprint density at radius 1 is 1.26 bits per heavy atom. The molecular formula is C14H14ClFN2O. The Balaban J connectivity index is 2.07. The van der Waals surface area contributed by atoms with Gasteiger partial charge < -0.3 is 9.88 Å². The number of halogens is 2. The number of hydrogen-bond acceptors (Lipinski definition) is 1. The maximum Gasteiger partial charge on any atom is 0.244 e. The predicted octanol–water partition coefficient (Wildman–Crippen LogP) is 3.54. The number of hydrogen-bond donors (Lipinski definition) is 1. The summed E-state index contributed by atoms with van der Waals surface area (Å²) in [6, 6.07) is 8.01. The molecule has 0 saturated carbocycles. The van der Waals surface area contributed by atoms with Crippen molar-refractivity contribution in [1.82, 2.24) is 4.57 Å². The molecule has 0 aliphatic carbocycles. The Kier molecular flexibility index (Phi) is 3.90. The van der Waals surface area contributed by atoms with E-state index in [4.69, 9.17) is 11.6 Å². The van der Waals surface area contributed by atoms with Crippen LogP contribution in [0.5, 0.6) is 0 Å². The minimum Gasteiger partial charge on any atom is -0.340 e. The first kappa shape index (κ1) is 13.6. The zero-order valence-corrected chi connectivity index (χ0v) is 11.5. The number of carbonyl (C=O) groups excluding carboxylic acids is 1. The van der Waals surface area contributed by atoms with Crippen LogP contribution in [0.4, 0.5) is 10.1 Å². The lowest BCUT2D eigenvalue weighted by atomic mass is 10.3. The van der Waals surface area contributed by atoms with E-state index < -0.39 is 5.82 Å². The van der Waals surface area contributed by atoms with Crippen molar-refractivity contribution in [1.29, 1.82) is 0 Å². The van der Waals surface area contributed by atoms with E-state index in [2.05, 4.69) is 5.32 Å². The Hall–Kier alpha value is -1.81. The Morgan fingerprint density at radius 3 is 2.47 bits per heavy atom. The normalized spacial score (nSPS) is 10.5. The lowest BCUT2D eigenvalue weighted by molar-refractivity contribution is -0.116. The smallest absolute Gasteiger partial charge is 0.244 e. The number of benzene rings is 1. The van der Waals surface area contributed by atoms with E-state index in [1.165, 1.54) is 18.2 Å². The highest BCUT2D eigenvalue weighted by molar-refractivity contribution is 6.31. The topological polar surface area (TPSA) is 34.0 Å². The van der Waals surface area contributed by atoms with Crippen molar-refractivity contribution >= 4 is 23.2 Å². The molecule has 0 saturated heterocycles. The van der Waals surface area contributed by atoms with Crippen LogP contribution in [0, 0.1) is 19.7 Å². The zero-order valence-electron chi connectivity index (χ0n) is 10.7. The summed E-state index contributed by atoms with van der Waals surface area (Å²) in [5, 5.41) is 2.68. The summed E-state index contributed by atoms with van der Waals surface area (Å²) in [4.78, 5) is 11.9. The van der Waals surface area contributed by atoms with E-state index in [0.717, 1.165) is 11.4 Å². The number of rotatable bonds is 3. The molecule has 1 heterocycles. The number of anilines is 1. The quantitative estimate of drug-likeness (QED) is 0.917. The average molecular weight is 281 g/mol. The summed E-state index contributed by atoms with van der Waals surface area (Å²) in [6.45, 7) is 4.10. The molecule has 0 radical (unpaired) electrons. The van der Waals surface area contributed by atoms with Gasteiger partial charge in [-0.15, -0.1) is 0 Å². The van der Waals surface area contributed by atoms with E-state index in [-0.39, 0.29) is 17.5 Å². The second-order valence-electron chi connectivity index (χ2n) is 4.38. The number of nitrogens with one attached hydrogen (secondary N) is 1. The summed E-state index contributed by atoms with van der Waals surface area (Å²) < 4.78 is 14.9. The second-order valence-corrected chi connectivity index (χ2v) is 4.79. The fourth-order valence-corrected chi connectivity index (χ4v) is 2.05. The van der Waals surface area contributed by atoms with Crippen LogP contribution in [0.15, 0.2) is 30.3 Å². The van der Waals surface area contributed by atoms with E-state index in [1.807, 2.05) is 30.5 Å². The molecule has 0 spiro atoms. The van der Waals surface area contributed by atoms with Gasteiger partial charge in [-0.3, -0.25) is 4.79 Å². The van der Waals surface area contributed by atoms with Gasteiger partial charge in [-0.2, -0.15) is 0 Å². The highest BCUT2D eigenvalue weighted by Crippen LogP contribution is 2.19. The van der Waals surface area contributed by atoms with Crippen molar-refractivity contribution in [2.24, 2.45) is 0 Å². The van der Waals surface area contributed by atoms with Crippen molar-refractivity contribution in [2.45, 2.75) is 20.4 Å². The molecule has 3 nitrogen and oxygen atoms in total. The first-order chi connectivity index (χ1) is 8.97. The molecule has 2 rings (SSSR count). The van der Waals surface area contributed by atoms with Crippen LogP contribution >= 0.6 is 11.6 Å². The van der Waals surface area contributed by atoms with Crippen LogP contribution < -0.4 is 5.32 Å². The maximum absolute atomic E-state index is 13.0. The van der Waals surface area contributed by atoms with E-state index >= 15 is 0 Å². The monoisotopic (exact) mass is 280 g/mol. The molecular weight excluding hydrogens is 267 g/mol. The Bertz CT molecular complexity index is 602. The predicted molar refractivity (Wildman–Crippen MR) is 73.9 cm³/mol. The van der Waals surface area contributed by atoms with Gasteiger partial charge in [0.1, 0.15) is 12.4 Å². The van der Waals surface area contributed by atoms with Gasteiger partial charge in [0.15, 0.2) is 0 Å². The fourth-order valence-electron chi connectivity index (χ4n) is 1.87. The van der Waals surface area contributed by atoms with Crippen LogP contribution in [-0.2, 0) is 11.3 Å². The molecule has 0 aliphatic rings. The summed E-state index contributed by atoms with van der Waals surface area (Å²) >= 11 is 5.66. The number of aromatic nitrogens is 1. The molecule has 100 valence electrons. The standard InChI is InChI=1S/C14H14ClFN2O/c1-9-3-4-10(2)18(9)8-14(19)17-11-5-6-13(16)12(15)7-11/h3-7H,8H2,1-2H3,(H,17,19). The van der Waals surface area contributed by atoms with E-state index in [9.17, 15) is 9.18 Å². The van der Waals surface area contributed by atoms with Crippen LogP contribution in [0.3, 0.4) is 0 Å². The molecule has 1 N–H and O–H groups in total. The molecule has 1 aromatic carbocycles. The van der Waals surface area contributed by atoms with E-state index in [1.54, 1.807) is 0 Å². The zero-order chi connectivity index (χ0) is 14.0. The average Bonchev–Trinajstić information content (AvgIpc) is 2.66. The van der Waals surface area contributed by atoms with Gasteiger partial charge in [-0.25, -0.2) is 4.39 Å². The summed E-state index contributed by atoms with van der Waals surface area (Å²) in [5.74, 6) is -0.679. The van der Waals surface area contributed by atoms with Gasteiger partial charge in [0.25, 0.3) is 0 Å². The minimum atomic E-state index is -0.503. The minimum absolute atomic E-state index is 0.00822. The van der Waals surface area contributed by atoms with Crippen molar-refractivity contribution < 1.29 is 9.18 Å². The highest BCUT2D eigenvalue weighted by Gasteiger charge is 2.08. The molecule has 0 unspecified atom stereocenters. The van der Waals surface area contributed by atoms with Gasteiger partial charge in [0.2, 0.25) is 5.91 Å². The number of amides is 1. The highest BCUT2D eigenvalue weighted by atomic mass is 35.5. The summed E-state index contributed by atoms with van der Waals surface area (Å²) in [7, 11) is 0. The lowest BCUT2D eigenvalue weighted by Crippen LogP contribution is -2.20. The Morgan fingerprint density at radius 2 is 1.89 bits per heavy atom. The maximum atomic E-state index is 13.0. The first-order valence-electron chi connectivity index (χ1n) is 5.85. The van der Waals surface area contributed by atoms with Crippen molar-refractivity contribution in [3.05, 3.63) is 52.6 Å². The van der Waals surface area contributed by atoms with Crippen molar-refractivity contribution in [2.75, 3.05) is 5.32 Å². The van der Waals surface area contributed by atoms with Crippen LogP contribution in [0.25, 0.3) is 0 Å². The molecule has 5 heteroatoms. The SMILES string of the molecule is Cc1ccc(C)n1CC(=O)Nc1ccc(F)c(Cl)c1. The molecule has 2 aromatic rings. The third-order valence-electron chi connectivity index (χ3n) is 2.92. The fraction of sp³-hybridized carbons (Fsp3) is 0.214. The molecule has 0 fully saturated rings. The van der Waals surface area contributed by atoms with Gasteiger partial charge >= 0.3 is 0 Å².